The standard InChI is InChI=1S/C9H9ClN2S/c1-6-8(10)9(12(2)11-6)7-4-3-5-13-7/h3-5H,1-2H3. The first-order chi connectivity index (χ1) is 6.20. The summed E-state index contributed by atoms with van der Waals surface area (Å²) in [6.45, 7) is 1.92. The molecular weight excluding hydrogens is 204 g/mol. The number of halogens is 1. The average Bonchev–Trinajstić information content (AvgIpc) is 2.63. The molecule has 0 N–H and O–H groups in total. The minimum Gasteiger partial charge on any atom is -0.265 e. The largest absolute Gasteiger partial charge is 0.265 e. The van der Waals surface area contributed by atoms with Gasteiger partial charge >= 0.3 is 0 Å². The summed E-state index contributed by atoms with van der Waals surface area (Å²) in [7, 11) is 1.91. The fraction of sp³-hybridized carbons (Fsp3) is 0.222. The van der Waals surface area contributed by atoms with Crippen LogP contribution in [-0.4, -0.2) is 9.78 Å². The molecular formula is C9H9ClN2S. The zero-order valence-corrected chi connectivity index (χ0v) is 8.99. The quantitative estimate of drug-likeness (QED) is 0.710. The molecule has 0 radical (unpaired) electrons. The first-order valence-electron chi connectivity index (χ1n) is 3.93. The second-order valence-corrected chi connectivity index (χ2v) is 4.17. The van der Waals surface area contributed by atoms with Crippen molar-refractivity contribution in [2.45, 2.75) is 6.92 Å². The van der Waals surface area contributed by atoms with Crippen LogP contribution in [0.4, 0.5) is 0 Å². The minimum atomic E-state index is 0.755. The summed E-state index contributed by atoms with van der Waals surface area (Å²) in [5, 5.41) is 7.05. The minimum absolute atomic E-state index is 0.755. The van der Waals surface area contributed by atoms with E-state index in [1.54, 1.807) is 11.3 Å². The molecule has 0 bridgehead atoms. The summed E-state index contributed by atoms with van der Waals surface area (Å²) in [4.78, 5) is 1.16. The maximum Gasteiger partial charge on any atom is 0.0968 e. The third kappa shape index (κ3) is 1.38. The van der Waals surface area contributed by atoms with Crippen molar-refractivity contribution in [2.24, 2.45) is 7.05 Å². The Morgan fingerprint density at radius 3 is 2.77 bits per heavy atom. The molecule has 0 fully saturated rings. The molecule has 0 atom stereocenters. The molecule has 2 nitrogen and oxygen atoms in total. The van der Waals surface area contributed by atoms with Crippen molar-refractivity contribution in [3.63, 3.8) is 0 Å². The fourth-order valence-corrected chi connectivity index (χ4v) is 2.44. The lowest BCUT2D eigenvalue weighted by Gasteiger charge is -1.97. The third-order valence-corrected chi connectivity index (χ3v) is 3.23. The van der Waals surface area contributed by atoms with Crippen LogP contribution in [0.15, 0.2) is 17.5 Å². The highest BCUT2D eigenvalue weighted by Gasteiger charge is 2.13. The lowest BCUT2D eigenvalue weighted by Crippen LogP contribution is -1.92. The maximum atomic E-state index is 6.13. The molecule has 0 saturated heterocycles. The SMILES string of the molecule is Cc1nn(C)c(-c2cccs2)c1Cl. The smallest absolute Gasteiger partial charge is 0.0968 e. The van der Waals surface area contributed by atoms with Crippen LogP contribution in [0.1, 0.15) is 5.69 Å². The number of aryl methyl sites for hydroxylation is 2. The highest BCUT2D eigenvalue weighted by atomic mass is 35.5. The maximum absolute atomic E-state index is 6.13. The van der Waals surface area contributed by atoms with Crippen LogP contribution in [0.5, 0.6) is 0 Å². The van der Waals surface area contributed by atoms with Gasteiger partial charge in [0, 0.05) is 7.05 Å². The van der Waals surface area contributed by atoms with Crippen LogP contribution in [0, 0.1) is 6.92 Å². The number of rotatable bonds is 1. The number of aromatic nitrogens is 2. The monoisotopic (exact) mass is 212 g/mol. The van der Waals surface area contributed by atoms with E-state index in [-0.39, 0.29) is 0 Å². The first-order valence-corrected chi connectivity index (χ1v) is 5.19. The van der Waals surface area contributed by atoms with Gasteiger partial charge in [-0.25, -0.2) is 0 Å². The second-order valence-electron chi connectivity index (χ2n) is 2.85. The molecule has 68 valence electrons. The van der Waals surface area contributed by atoms with E-state index in [1.165, 1.54) is 0 Å². The topological polar surface area (TPSA) is 17.8 Å². The molecule has 0 unspecified atom stereocenters. The Balaban J connectivity index is 2.64. The Labute approximate surface area is 85.8 Å². The van der Waals surface area contributed by atoms with Crippen molar-refractivity contribution in [1.29, 1.82) is 0 Å². The van der Waals surface area contributed by atoms with Gasteiger partial charge in [-0.15, -0.1) is 11.3 Å². The number of hydrogen-bond acceptors (Lipinski definition) is 2. The summed E-state index contributed by atoms with van der Waals surface area (Å²) in [5.74, 6) is 0. The molecule has 2 aromatic rings. The molecule has 0 aliphatic rings. The van der Waals surface area contributed by atoms with E-state index in [9.17, 15) is 0 Å². The van der Waals surface area contributed by atoms with E-state index in [4.69, 9.17) is 11.6 Å². The fourth-order valence-electron chi connectivity index (χ4n) is 1.31. The van der Waals surface area contributed by atoms with Gasteiger partial charge in [-0.3, -0.25) is 4.68 Å². The lowest BCUT2D eigenvalue weighted by atomic mass is 10.3. The number of hydrogen-bond donors (Lipinski definition) is 0. The van der Waals surface area contributed by atoms with Crippen molar-refractivity contribution in [3.05, 3.63) is 28.2 Å². The molecule has 0 aromatic carbocycles. The van der Waals surface area contributed by atoms with E-state index in [0.29, 0.717) is 0 Å². The predicted octanol–water partition coefficient (Wildman–Crippen LogP) is 3.11. The van der Waals surface area contributed by atoms with E-state index in [1.807, 2.05) is 36.2 Å². The summed E-state index contributed by atoms with van der Waals surface area (Å²) in [5.41, 5.74) is 1.89. The van der Waals surface area contributed by atoms with Crippen molar-refractivity contribution < 1.29 is 0 Å². The number of nitrogens with zero attached hydrogens (tertiary/aromatic N) is 2. The summed E-state index contributed by atoms with van der Waals surface area (Å²) in [6.07, 6.45) is 0. The Morgan fingerprint density at radius 2 is 2.31 bits per heavy atom. The van der Waals surface area contributed by atoms with Crippen LogP contribution >= 0.6 is 22.9 Å². The van der Waals surface area contributed by atoms with E-state index < -0.39 is 0 Å². The molecule has 2 rings (SSSR count). The number of thiophene rings is 1. The van der Waals surface area contributed by atoms with E-state index in [0.717, 1.165) is 21.3 Å². The Bertz CT molecular complexity index is 417. The lowest BCUT2D eigenvalue weighted by molar-refractivity contribution is 0.765. The van der Waals surface area contributed by atoms with Gasteiger partial charge in [0.1, 0.15) is 0 Å². The van der Waals surface area contributed by atoms with Crippen LogP contribution < -0.4 is 0 Å². The Kier molecular flexibility index (Phi) is 2.14. The van der Waals surface area contributed by atoms with Crippen LogP contribution in [-0.2, 0) is 7.05 Å². The van der Waals surface area contributed by atoms with Gasteiger partial charge in [-0.1, -0.05) is 17.7 Å². The van der Waals surface area contributed by atoms with Gasteiger partial charge in [0.15, 0.2) is 0 Å². The molecule has 0 spiro atoms. The summed E-state index contributed by atoms with van der Waals surface area (Å²) in [6, 6.07) is 4.06. The van der Waals surface area contributed by atoms with Gasteiger partial charge in [0.25, 0.3) is 0 Å². The summed E-state index contributed by atoms with van der Waals surface area (Å²) >= 11 is 7.80. The molecule has 0 saturated carbocycles. The highest BCUT2D eigenvalue weighted by molar-refractivity contribution is 7.13. The Morgan fingerprint density at radius 1 is 1.54 bits per heavy atom. The molecule has 0 aliphatic heterocycles. The normalized spacial score (nSPS) is 10.7. The highest BCUT2D eigenvalue weighted by Crippen LogP contribution is 2.32. The predicted molar refractivity (Wildman–Crippen MR) is 56.3 cm³/mol. The first kappa shape index (κ1) is 8.78. The zero-order chi connectivity index (χ0) is 9.42. The molecule has 13 heavy (non-hydrogen) atoms. The molecule has 4 heteroatoms. The van der Waals surface area contributed by atoms with Crippen LogP contribution in [0.25, 0.3) is 10.6 Å². The summed E-state index contributed by atoms with van der Waals surface area (Å²) < 4.78 is 1.82. The third-order valence-electron chi connectivity index (χ3n) is 1.90. The molecule has 0 amide bonds. The van der Waals surface area contributed by atoms with Crippen molar-refractivity contribution in [2.75, 3.05) is 0 Å². The van der Waals surface area contributed by atoms with Gasteiger partial charge in [-0.05, 0) is 18.4 Å². The van der Waals surface area contributed by atoms with Gasteiger partial charge < -0.3 is 0 Å². The van der Waals surface area contributed by atoms with Crippen LogP contribution in [0.3, 0.4) is 0 Å². The van der Waals surface area contributed by atoms with Crippen LogP contribution in [0.2, 0.25) is 5.02 Å². The van der Waals surface area contributed by atoms with E-state index in [2.05, 4.69) is 5.10 Å². The Hall–Kier alpha value is -0.800. The molecule has 2 aromatic heterocycles. The zero-order valence-electron chi connectivity index (χ0n) is 7.41. The van der Waals surface area contributed by atoms with E-state index >= 15 is 0 Å². The molecule has 0 aliphatic carbocycles. The van der Waals surface area contributed by atoms with Crippen molar-refractivity contribution in [3.8, 4) is 10.6 Å². The van der Waals surface area contributed by atoms with Gasteiger partial charge in [0.2, 0.25) is 0 Å². The van der Waals surface area contributed by atoms with Crippen molar-refractivity contribution >= 4 is 22.9 Å². The molecule has 2 heterocycles. The van der Waals surface area contributed by atoms with Gasteiger partial charge in [-0.2, -0.15) is 5.10 Å². The van der Waals surface area contributed by atoms with Gasteiger partial charge in [0.05, 0.1) is 21.3 Å². The second kappa shape index (κ2) is 3.16. The average molecular weight is 213 g/mol. The van der Waals surface area contributed by atoms with Crippen molar-refractivity contribution in [1.82, 2.24) is 9.78 Å².